The summed E-state index contributed by atoms with van der Waals surface area (Å²) in [5.41, 5.74) is 4.54. The van der Waals surface area contributed by atoms with E-state index in [0.29, 0.717) is 38.5 Å². The second-order valence-electron chi connectivity index (χ2n) is 6.85. The molecular formula is C21H26N4O3. The number of hydrogen-bond donors (Lipinski definition) is 1. The lowest BCUT2D eigenvalue weighted by atomic mass is 10.1. The van der Waals surface area contributed by atoms with Crippen LogP contribution in [-0.4, -0.2) is 59.6 Å². The van der Waals surface area contributed by atoms with E-state index in [2.05, 4.69) is 23.3 Å². The third kappa shape index (κ3) is 4.60. The smallest absolute Gasteiger partial charge is 0.409 e. The molecule has 0 radical (unpaired) electrons. The summed E-state index contributed by atoms with van der Waals surface area (Å²) in [7, 11) is 0. The van der Waals surface area contributed by atoms with E-state index in [0.717, 1.165) is 16.9 Å². The molecule has 3 rings (SSSR count). The minimum Gasteiger partial charge on any atom is -0.450 e. The number of anilines is 2. The molecule has 0 unspecified atom stereocenters. The van der Waals surface area contributed by atoms with Gasteiger partial charge in [0.2, 0.25) is 0 Å². The molecule has 1 aromatic heterocycles. The number of nitrogens with zero attached hydrogens (tertiary/aromatic N) is 3. The third-order valence-corrected chi connectivity index (χ3v) is 4.73. The van der Waals surface area contributed by atoms with Crippen LogP contribution in [-0.2, 0) is 4.74 Å². The van der Waals surface area contributed by atoms with Crippen molar-refractivity contribution in [2.24, 2.45) is 0 Å². The van der Waals surface area contributed by atoms with Gasteiger partial charge in [-0.25, -0.2) is 4.79 Å². The van der Waals surface area contributed by atoms with Gasteiger partial charge < -0.3 is 19.9 Å². The SMILES string of the molecule is CCOC(=O)N1CCN(C(=O)c2cc(Nc3ccc(C)cc3C)ccn2)CC1. The number of benzene rings is 1. The number of nitrogens with one attached hydrogen (secondary N) is 1. The summed E-state index contributed by atoms with van der Waals surface area (Å²) in [4.78, 5) is 32.2. The first-order chi connectivity index (χ1) is 13.5. The molecule has 0 bridgehead atoms. The first-order valence-corrected chi connectivity index (χ1v) is 9.49. The second-order valence-corrected chi connectivity index (χ2v) is 6.85. The van der Waals surface area contributed by atoms with Gasteiger partial charge in [-0.1, -0.05) is 17.7 Å². The lowest BCUT2D eigenvalue weighted by molar-refractivity contribution is 0.0566. The largest absolute Gasteiger partial charge is 0.450 e. The summed E-state index contributed by atoms with van der Waals surface area (Å²) in [6.45, 7) is 8.09. The van der Waals surface area contributed by atoms with Crippen molar-refractivity contribution in [3.8, 4) is 0 Å². The molecule has 2 heterocycles. The number of piperazine rings is 1. The van der Waals surface area contributed by atoms with Gasteiger partial charge >= 0.3 is 6.09 Å². The number of aryl methyl sites for hydroxylation is 2. The van der Waals surface area contributed by atoms with Crippen molar-refractivity contribution in [2.75, 3.05) is 38.1 Å². The van der Waals surface area contributed by atoms with Gasteiger partial charge in [0.05, 0.1) is 6.61 Å². The summed E-state index contributed by atoms with van der Waals surface area (Å²) in [5.74, 6) is -0.132. The molecule has 0 aliphatic carbocycles. The van der Waals surface area contributed by atoms with E-state index in [9.17, 15) is 9.59 Å². The fraction of sp³-hybridized carbons (Fsp3) is 0.381. The Morgan fingerprint density at radius 3 is 2.46 bits per heavy atom. The first kappa shape index (κ1) is 19.7. The summed E-state index contributed by atoms with van der Waals surface area (Å²) in [5, 5.41) is 3.35. The fourth-order valence-electron chi connectivity index (χ4n) is 3.20. The Balaban J connectivity index is 1.65. The highest BCUT2D eigenvalue weighted by Gasteiger charge is 2.26. The predicted molar refractivity (Wildman–Crippen MR) is 108 cm³/mol. The molecule has 28 heavy (non-hydrogen) atoms. The van der Waals surface area contributed by atoms with Crippen LogP contribution in [0.15, 0.2) is 36.5 Å². The number of rotatable bonds is 4. The van der Waals surface area contributed by atoms with Gasteiger partial charge in [-0.15, -0.1) is 0 Å². The average molecular weight is 382 g/mol. The molecular weight excluding hydrogens is 356 g/mol. The topological polar surface area (TPSA) is 74.8 Å². The van der Waals surface area contributed by atoms with Crippen molar-refractivity contribution in [3.05, 3.63) is 53.3 Å². The highest BCUT2D eigenvalue weighted by molar-refractivity contribution is 5.93. The van der Waals surface area contributed by atoms with Crippen LogP contribution < -0.4 is 5.32 Å². The van der Waals surface area contributed by atoms with Crippen molar-refractivity contribution in [1.29, 1.82) is 0 Å². The average Bonchev–Trinajstić information content (AvgIpc) is 2.70. The van der Waals surface area contributed by atoms with Gasteiger partial charge in [0, 0.05) is 43.8 Å². The molecule has 0 spiro atoms. The Morgan fingerprint density at radius 1 is 1.07 bits per heavy atom. The molecule has 1 aliphatic rings. The second kappa shape index (κ2) is 8.73. The molecule has 7 heteroatoms. The van der Waals surface area contributed by atoms with Crippen LogP contribution in [0.3, 0.4) is 0 Å². The highest BCUT2D eigenvalue weighted by atomic mass is 16.6. The van der Waals surface area contributed by atoms with Crippen LogP contribution in [0, 0.1) is 13.8 Å². The molecule has 2 aromatic rings. The normalized spacial score (nSPS) is 14.0. The summed E-state index contributed by atoms with van der Waals surface area (Å²) in [6.07, 6.45) is 1.31. The lowest BCUT2D eigenvalue weighted by Crippen LogP contribution is -2.50. The predicted octanol–water partition coefficient (Wildman–Crippen LogP) is 3.36. The van der Waals surface area contributed by atoms with Crippen LogP contribution in [0.5, 0.6) is 0 Å². The summed E-state index contributed by atoms with van der Waals surface area (Å²) >= 11 is 0. The van der Waals surface area contributed by atoms with E-state index in [1.165, 1.54) is 5.56 Å². The van der Waals surface area contributed by atoms with Crippen LogP contribution in [0.1, 0.15) is 28.5 Å². The molecule has 1 fully saturated rings. The number of carbonyl (C=O) groups excluding carboxylic acids is 2. The number of aromatic nitrogens is 1. The number of pyridine rings is 1. The molecule has 0 saturated carbocycles. The zero-order valence-electron chi connectivity index (χ0n) is 16.6. The maximum Gasteiger partial charge on any atom is 0.409 e. The Morgan fingerprint density at radius 2 is 1.79 bits per heavy atom. The molecule has 148 valence electrons. The van der Waals surface area contributed by atoms with Gasteiger partial charge in [0.1, 0.15) is 5.69 Å². The van der Waals surface area contributed by atoms with Crippen molar-refractivity contribution in [2.45, 2.75) is 20.8 Å². The molecule has 1 N–H and O–H groups in total. The van der Waals surface area contributed by atoms with Crippen LogP contribution >= 0.6 is 0 Å². The Bertz CT molecular complexity index is 860. The zero-order chi connectivity index (χ0) is 20.1. The molecule has 1 aromatic carbocycles. The minimum atomic E-state index is -0.326. The molecule has 2 amide bonds. The number of carbonyl (C=O) groups is 2. The van der Waals surface area contributed by atoms with Crippen LogP contribution in [0.25, 0.3) is 0 Å². The summed E-state index contributed by atoms with van der Waals surface area (Å²) < 4.78 is 5.01. The van der Waals surface area contributed by atoms with Crippen molar-refractivity contribution in [3.63, 3.8) is 0 Å². The van der Waals surface area contributed by atoms with E-state index < -0.39 is 0 Å². The molecule has 1 aliphatic heterocycles. The maximum absolute atomic E-state index is 12.8. The van der Waals surface area contributed by atoms with E-state index in [1.807, 2.05) is 25.1 Å². The fourth-order valence-corrected chi connectivity index (χ4v) is 3.20. The Kier molecular flexibility index (Phi) is 6.13. The summed E-state index contributed by atoms with van der Waals surface area (Å²) in [6, 6.07) is 9.79. The third-order valence-electron chi connectivity index (χ3n) is 4.73. The monoisotopic (exact) mass is 382 g/mol. The Labute approximate surface area is 165 Å². The van der Waals surface area contributed by atoms with Crippen LogP contribution in [0.4, 0.5) is 16.2 Å². The van der Waals surface area contributed by atoms with Gasteiger partial charge in [0.15, 0.2) is 0 Å². The van der Waals surface area contributed by atoms with Crippen LogP contribution in [0.2, 0.25) is 0 Å². The zero-order valence-corrected chi connectivity index (χ0v) is 16.6. The van der Waals surface area contributed by atoms with Gasteiger partial charge in [-0.3, -0.25) is 9.78 Å². The minimum absolute atomic E-state index is 0.132. The van der Waals surface area contributed by atoms with E-state index in [1.54, 1.807) is 29.0 Å². The molecule has 7 nitrogen and oxygen atoms in total. The standard InChI is InChI=1S/C21H26N4O3/c1-4-28-21(27)25-11-9-24(10-12-25)20(26)19-14-17(7-8-22-19)23-18-6-5-15(2)13-16(18)3/h5-8,13-14H,4,9-12H2,1-3H3,(H,22,23). The molecule has 0 atom stereocenters. The maximum atomic E-state index is 12.8. The van der Waals surface area contributed by atoms with Gasteiger partial charge in [0.25, 0.3) is 5.91 Å². The van der Waals surface area contributed by atoms with Gasteiger partial charge in [-0.05, 0) is 44.5 Å². The Hall–Kier alpha value is -3.09. The number of ether oxygens (including phenoxy) is 1. The van der Waals surface area contributed by atoms with Gasteiger partial charge in [-0.2, -0.15) is 0 Å². The van der Waals surface area contributed by atoms with Crippen molar-refractivity contribution < 1.29 is 14.3 Å². The van der Waals surface area contributed by atoms with E-state index >= 15 is 0 Å². The van der Waals surface area contributed by atoms with Crippen molar-refractivity contribution in [1.82, 2.24) is 14.8 Å². The van der Waals surface area contributed by atoms with Crippen molar-refractivity contribution >= 4 is 23.4 Å². The highest BCUT2D eigenvalue weighted by Crippen LogP contribution is 2.22. The van der Waals surface area contributed by atoms with E-state index in [4.69, 9.17) is 4.74 Å². The molecule has 1 saturated heterocycles. The first-order valence-electron chi connectivity index (χ1n) is 9.49. The quantitative estimate of drug-likeness (QED) is 0.878. The lowest BCUT2D eigenvalue weighted by Gasteiger charge is -2.33. The number of hydrogen-bond acceptors (Lipinski definition) is 5. The van der Waals surface area contributed by atoms with E-state index in [-0.39, 0.29) is 12.0 Å². The number of amides is 2.